The van der Waals surface area contributed by atoms with Gasteiger partial charge in [-0.3, -0.25) is 9.89 Å². The van der Waals surface area contributed by atoms with Crippen molar-refractivity contribution in [3.05, 3.63) is 41.1 Å². The SMILES string of the molecule is Cc1ccc(OCCCC(=O)Nc2n[nH]c(C)c2C)cc1. The van der Waals surface area contributed by atoms with E-state index in [1.54, 1.807) is 0 Å². The first kappa shape index (κ1) is 15.1. The first-order valence-corrected chi connectivity index (χ1v) is 7.07. The molecule has 0 fully saturated rings. The van der Waals surface area contributed by atoms with Crippen LogP contribution in [-0.2, 0) is 4.79 Å². The quantitative estimate of drug-likeness (QED) is 0.802. The molecule has 112 valence electrons. The molecule has 2 aromatic rings. The highest BCUT2D eigenvalue weighted by atomic mass is 16.5. The number of hydrogen-bond donors (Lipinski definition) is 2. The Morgan fingerprint density at radius 2 is 1.95 bits per heavy atom. The summed E-state index contributed by atoms with van der Waals surface area (Å²) >= 11 is 0. The molecule has 2 rings (SSSR count). The number of nitrogens with zero attached hydrogens (tertiary/aromatic N) is 1. The molecule has 21 heavy (non-hydrogen) atoms. The third kappa shape index (κ3) is 4.34. The molecule has 5 nitrogen and oxygen atoms in total. The van der Waals surface area contributed by atoms with E-state index in [0.717, 1.165) is 17.0 Å². The Balaban J connectivity index is 1.70. The fraction of sp³-hybridized carbons (Fsp3) is 0.375. The topological polar surface area (TPSA) is 67.0 Å². The Morgan fingerprint density at radius 3 is 2.57 bits per heavy atom. The van der Waals surface area contributed by atoms with Gasteiger partial charge in [-0.05, 0) is 39.3 Å². The maximum absolute atomic E-state index is 11.8. The summed E-state index contributed by atoms with van der Waals surface area (Å²) in [6, 6.07) is 7.88. The van der Waals surface area contributed by atoms with Gasteiger partial charge >= 0.3 is 0 Å². The van der Waals surface area contributed by atoms with Crippen LogP contribution in [0.15, 0.2) is 24.3 Å². The van der Waals surface area contributed by atoms with Crippen LogP contribution in [0.5, 0.6) is 5.75 Å². The number of aryl methyl sites for hydroxylation is 2. The van der Waals surface area contributed by atoms with Crippen LogP contribution in [-0.4, -0.2) is 22.7 Å². The molecular weight excluding hydrogens is 266 g/mol. The monoisotopic (exact) mass is 287 g/mol. The number of amides is 1. The molecule has 0 saturated heterocycles. The zero-order chi connectivity index (χ0) is 15.2. The predicted octanol–water partition coefficient (Wildman–Crippen LogP) is 3.13. The minimum absolute atomic E-state index is 0.0443. The second kappa shape index (κ2) is 6.92. The van der Waals surface area contributed by atoms with Crippen LogP contribution in [0.25, 0.3) is 0 Å². The van der Waals surface area contributed by atoms with Crippen molar-refractivity contribution in [2.45, 2.75) is 33.6 Å². The van der Waals surface area contributed by atoms with Crippen LogP contribution in [0.1, 0.15) is 29.7 Å². The van der Waals surface area contributed by atoms with E-state index in [9.17, 15) is 4.79 Å². The molecule has 0 spiro atoms. The number of hydrogen-bond acceptors (Lipinski definition) is 3. The van der Waals surface area contributed by atoms with Crippen molar-refractivity contribution in [3.8, 4) is 5.75 Å². The molecule has 5 heteroatoms. The first-order chi connectivity index (χ1) is 10.1. The lowest BCUT2D eigenvalue weighted by Gasteiger charge is -2.06. The van der Waals surface area contributed by atoms with Crippen molar-refractivity contribution in [2.75, 3.05) is 11.9 Å². The average molecular weight is 287 g/mol. The Kier molecular flexibility index (Phi) is 4.98. The minimum Gasteiger partial charge on any atom is -0.494 e. The fourth-order valence-electron chi connectivity index (χ4n) is 1.86. The van der Waals surface area contributed by atoms with Gasteiger partial charge in [-0.1, -0.05) is 17.7 Å². The zero-order valence-electron chi connectivity index (χ0n) is 12.7. The van der Waals surface area contributed by atoms with E-state index < -0.39 is 0 Å². The van der Waals surface area contributed by atoms with Crippen LogP contribution in [0.3, 0.4) is 0 Å². The summed E-state index contributed by atoms with van der Waals surface area (Å²) in [5.74, 6) is 1.40. The normalized spacial score (nSPS) is 10.4. The molecule has 0 atom stereocenters. The van der Waals surface area contributed by atoms with Crippen LogP contribution >= 0.6 is 0 Å². The Hall–Kier alpha value is -2.30. The van der Waals surface area contributed by atoms with E-state index in [1.807, 2.05) is 45.0 Å². The van der Waals surface area contributed by atoms with E-state index in [4.69, 9.17) is 4.74 Å². The third-order valence-corrected chi connectivity index (χ3v) is 3.35. The van der Waals surface area contributed by atoms with Gasteiger partial charge in [0.2, 0.25) is 5.91 Å². The number of benzene rings is 1. The number of rotatable bonds is 6. The summed E-state index contributed by atoms with van der Waals surface area (Å²) in [6.45, 7) is 6.41. The molecule has 1 heterocycles. The standard InChI is InChI=1S/C16H21N3O2/c1-11-6-8-14(9-7-11)21-10-4-5-15(20)17-16-12(2)13(3)18-19-16/h6-9H,4-5,10H2,1-3H3,(H2,17,18,19,20). The molecule has 0 unspecified atom stereocenters. The number of nitrogens with one attached hydrogen (secondary N) is 2. The number of carbonyl (C=O) groups is 1. The molecule has 0 bridgehead atoms. The van der Waals surface area contributed by atoms with Gasteiger partial charge in [0, 0.05) is 17.7 Å². The van der Waals surface area contributed by atoms with Crippen LogP contribution in [0, 0.1) is 20.8 Å². The number of aromatic nitrogens is 2. The highest BCUT2D eigenvalue weighted by molar-refractivity contribution is 5.90. The second-order valence-corrected chi connectivity index (χ2v) is 5.14. The van der Waals surface area contributed by atoms with Crippen LogP contribution < -0.4 is 10.1 Å². The van der Waals surface area contributed by atoms with Crippen molar-refractivity contribution < 1.29 is 9.53 Å². The number of H-pyrrole nitrogens is 1. The molecular formula is C16H21N3O2. The van der Waals surface area contributed by atoms with Gasteiger partial charge in [-0.15, -0.1) is 0 Å². The van der Waals surface area contributed by atoms with Crippen molar-refractivity contribution in [1.82, 2.24) is 10.2 Å². The van der Waals surface area contributed by atoms with Crippen molar-refractivity contribution >= 4 is 11.7 Å². The van der Waals surface area contributed by atoms with E-state index in [1.165, 1.54) is 5.56 Å². The average Bonchev–Trinajstić information content (AvgIpc) is 2.77. The number of aromatic amines is 1. The molecule has 0 aliphatic carbocycles. The first-order valence-electron chi connectivity index (χ1n) is 7.07. The van der Waals surface area contributed by atoms with Gasteiger partial charge in [0.15, 0.2) is 5.82 Å². The molecule has 0 radical (unpaired) electrons. The van der Waals surface area contributed by atoms with E-state index in [2.05, 4.69) is 15.5 Å². The molecule has 0 aliphatic heterocycles. The van der Waals surface area contributed by atoms with Gasteiger partial charge < -0.3 is 10.1 Å². The molecule has 1 amide bonds. The third-order valence-electron chi connectivity index (χ3n) is 3.35. The maximum atomic E-state index is 11.8. The largest absolute Gasteiger partial charge is 0.494 e. The van der Waals surface area contributed by atoms with Crippen molar-refractivity contribution in [1.29, 1.82) is 0 Å². The lowest BCUT2D eigenvalue weighted by Crippen LogP contribution is -2.13. The van der Waals surface area contributed by atoms with Gasteiger partial charge in [0.1, 0.15) is 5.75 Å². The molecule has 2 N–H and O–H groups in total. The summed E-state index contributed by atoms with van der Waals surface area (Å²) in [4.78, 5) is 11.8. The minimum atomic E-state index is -0.0443. The number of carbonyl (C=O) groups excluding carboxylic acids is 1. The highest BCUT2D eigenvalue weighted by Crippen LogP contribution is 2.14. The molecule has 0 aliphatic rings. The van der Waals surface area contributed by atoms with Gasteiger partial charge in [0.25, 0.3) is 0 Å². The lowest BCUT2D eigenvalue weighted by molar-refractivity contribution is -0.116. The van der Waals surface area contributed by atoms with Crippen LogP contribution in [0.2, 0.25) is 0 Å². The second-order valence-electron chi connectivity index (χ2n) is 5.14. The van der Waals surface area contributed by atoms with Gasteiger partial charge in [-0.25, -0.2) is 0 Å². The summed E-state index contributed by atoms with van der Waals surface area (Å²) in [7, 11) is 0. The van der Waals surface area contributed by atoms with Crippen molar-refractivity contribution in [3.63, 3.8) is 0 Å². The number of ether oxygens (including phenoxy) is 1. The van der Waals surface area contributed by atoms with E-state index in [0.29, 0.717) is 25.3 Å². The lowest BCUT2D eigenvalue weighted by atomic mass is 10.2. The molecule has 1 aromatic heterocycles. The van der Waals surface area contributed by atoms with E-state index in [-0.39, 0.29) is 5.91 Å². The predicted molar refractivity (Wildman–Crippen MR) is 82.6 cm³/mol. The summed E-state index contributed by atoms with van der Waals surface area (Å²) in [5.41, 5.74) is 3.14. The van der Waals surface area contributed by atoms with E-state index >= 15 is 0 Å². The van der Waals surface area contributed by atoms with Crippen LogP contribution in [0.4, 0.5) is 5.82 Å². The summed E-state index contributed by atoms with van der Waals surface area (Å²) in [6.07, 6.45) is 1.08. The Bertz CT molecular complexity index is 602. The maximum Gasteiger partial charge on any atom is 0.225 e. The van der Waals surface area contributed by atoms with Gasteiger partial charge in [0.05, 0.1) is 6.61 Å². The smallest absolute Gasteiger partial charge is 0.225 e. The molecule has 0 saturated carbocycles. The highest BCUT2D eigenvalue weighted by Gasteiger charge is 2.09. The Morgan fingerprint density at radius 1 is 1.24 bits per heavy atom. The Labute approximate surface area is 124 Å². The number of anilines is 1. The summed E-state index contributed by atoms with van der Waals surface area (Å²) in [5, 5.41) is 9.70. The summed E-state index contributed by atoms with van der Waals surface area (Å²) < 4.78 is 5.59. The van der Waals surface area contributed by atoms with Gasteiger partial charge in [-0.2, -0.15) is 5.10 Å². The molecule has 1 aromatic carbocycles. The fourth-order valence-corrected chi connectivity index (χ4v) is 1.86. The zero-order valence-corrected chi connectivity index (χ0v) is 12.7. The van der Waals surface area contributed by atoms with Crippen molar-refractivity contribution in [2.24, 2.45) is 0 Å².